The van der Waals surface area contributed by atoms with Crippen molar-refractivity contribution in [1.82, 2.24) is 4.90 Å². The lowest BCUT2D eigenvalue weighted by atomic mass is 9.93. The first-order chi connectivity index (χ1) is 12.2. The Morgan fingerprint density at radius 1 is 1.12 bits per heavy atom. The molecule has 0 spiro atoms. The zero-order valence-corrected chi connectivity index (χ0v) is 14.2. The zero-order chi connectivity index (χ0) is 17.6. The van der Waals surface area contributed by atoms with Gasteiger partial charge in [0.25, 0.3) is 0 Å². The van der Waals surface area contributed by atoms with Gasteiger partial charge < -0.3 is 15.0 Å². The maximum Gasteiger partial charge on any atom is 0.227 e. The van der Waals surface area contributed by atoms with Crippen LogP contribution < -0.4 is 5.32 Å². The lowest BCUT2D eigenvalue weighted by molar-refractivity contribution is -0.141. The fourth-order valence-electron chi connectivity index (χ4n) is 3.48. The Balaban J connectivity index is 1.50. The highest BCUT2D eigenvalue weighted by molar-refractivity contribution is 5.93. The van der Waals surface area contributed by atoms with Gasteiger partial charge in [-0.2, -0.15) is 5.26 Å². The third-order valence-electron chi connectivity index (χ3n) is 5.01. The second-order valence-electron chi connectivity index (χ2n) is 6.67. The van der Waals surface area contributed by atoms with Gasteiger partial charge in [-0.15, -0.1) is 0 Å². The van der Waals surface area contributed by atoms with Crippen molar-refractivity contribution >= 4 is 17.5 Å². The normalized spacial score (nSPS) is 19.2. The highest BCUT2D eigenvalue weighted by atomic mass is 16.5. The van der Waals surface area contributed by atoms with Crippen molar-refractivity contribution < 1.29 is 14.3 Å². The number of carbonyl (C=O) groups is 2. The number of nitriles is 1. The average Bonchev–Trinajstić information content (AvgIpc) is 2.68. The molecule has 2 saturated heterocycles. The van der Waals surface area contributed by atoms with Crippen molar-refractivity contribution in [3.63, 3.8) is 0 Å². The van der Waals surface area contributed by atoms with E-state index in [1.54, 1.807) is 24.3 Å². The molecule has 25 heavy (non-hydrogen) atoms. The summed E-state index contributed by atoms with van der Waals surface area (Å²) in [4.78, 5) is 26.9. The molecule has 0 saturated carbocycles. The Morgan fingerprint density at radius 3 is 2.52 bits per heavy atom. The van der Waals surface area contributed by atoms with Gasteiger partial charge in [0.15, 0.2) is 0 Å². The number of ether oxygens (including phenoxy) is 1. The molecule has 3 rings (SSSR count). The summed E-state index contributed by atoms with van der Waals surface area (Å²) in [5.41, 5.74) is 1.17. The van der Waals surface area contributed by atoms with Crippen LogP contribution in [0.5, 0.6) is 0 Å². The first-order valence-electron chi connectivity index (χ1n) is 8.85. The van der Waals surface area contributed by atoms with E-state index in [1.165, 1.54) is 0 Å². The summed E-state index contributed by atoms with van der Waals surface area (Å²) in [6, 6.07) is 8.97. The van der Waals surface area contributed by atoms with Crippen LogP contribution in [0, 0.1) is 23.2 Å². The van der Waals surface area contributed by atoms with E-state index in [0.29, 0.717) is 50.4 Å². The second kappa shape index (κ2) is 8.13. The molecule has 2 amide bonds. The Morgan fingerprint density at radius 2 is 1.84 bits per heavy atom. The van der Waals surface area contributed by atoms with Gasteiger partial charge in [0.1, 0.15) is 0 Å². The van der Waals surface area contributed by atoms with Crippen LogP contribution in [0.3, 0.4) is 0 Å². The van der Waals surface area contributed by atoms with Crippen LogP contribution in [-0.2, 0) is 14.3 Å². The minimum absolute atomic E-state index is 0.0340. The third kappa shape index (κ3) is 4.37. The van der Waals surface area contributed by atoms with Crippen LogP contribution in [0.2, 0.25) is 0 Å². The number of rotatable bonds is 3. The third-order valence-corrected chi connectivity index (χ3v) is 5.01. The molecule has 0 atom stereocenters. The first kappa shape index (κ1) is 17.4. The molecule has 2 fully saturated rings. The summed E-state index contributed by atoms with van der Waals surface area (Å²) in [7, 11) is 0. The lowest BCUT2D eigenvalue weighted by Crippen LogP contribution is -2.45. The van der Waals surface area contributed by atoms with E-state index in [-0.39, 0.29) is 23.7 Å². The summed E-state index contributed by atoms with van der Waals surface area (Å²) in [5.74, 6) is 0.162. The number of likely N-dealkylation sites (tertiary alicyclic amines) is 1. The Bertz CT molecular complexity index is 669. The summed E-state index contributed by atoms with van der Waals surface area (Å²) in [6.07, 6.45) is 2.96. The number of nitrogens with one attached hydrogen (secondary N) is 1. The molecule has 1 aromatic rings. The number of anilines is 1. The predicted octanol–water partition coefficient (Wildman–Crippen LogP) is 2.16. The lowest BCUT2D eigenvalue weighted by Gasteiger charge is -2.34. The molecule has 2 aliphatic heterocycles. The monoisotopic (exact) mass is 341 g/mol. The molecule has 0 aliphatic carbocycles. The molecule has 2 aliphatic rings. The number of hydrogen-bond acceptors (Lipinski definition) is 4. The molecule has 6 nitrogen and oxygen atoms in total. The molecular weight excluding hydrogens is 318 g/mol. The molecule has 1 N–H and O–H groups in total. The highest BCUT2D eigenvalue weighted by Gasteiger charge is 2.31. The minimum Gasteiger partial charge on any atom is -0.381 e. The second-order valence-corrected chi connectivity index (χ2v) is 6.67. The van der Waals surface area contributed by atoms with Crippen molar-refractivity contribution in [3.8, 4) is 6.07 Å². The number of carbonyl (C=O) groups excluding carboxylic acids is 2. The molecule has 132 valence electrons. The van der Waals surface area contributed by atoms with Gasteiger partial charge in [-0.05, 0) is 43.9 Å². The fraction of sp³-hybridized carbons (Fsp3) is 0.526. The van der Waals surface area contributed by atoms with Crippen LogP contribution in [0.4, 0.5) is 5.69 Å². The predicted molar refractivity (Wildman–Crippen MR) is 92.6 cm³/mol. The molecular formula is C19H23N3O3. The van der Waals surface area contributed by atoms with Crippen molar-refractivity contribution in [2.75, 3.05) is 31.6 Å². The van der Waals surface area contributed by atoms with Gasteiger partial charge >= 0.3 is 0 Å². The van der Waals surface area contributed by atoms with Crippen LogP contribution in [0.25, 0.3) is 0 Å². The minimum atomic E-state index is -0.0931. The molecule has 0 radical (unpaired) electrons. The van der Waals surface area contributed by atoms with Gasteiger partial charge in [0.05, 0.1) is 11.6 Å². The molecule has 0 unspecified atom stereocenters. The summed E-state index contributed by atoms with van der Waals surface area (Å²) < 4.78 is 5.32. The van der Waals surface area contributed by atoms with E-state index >= 15 is 0 Å². The Labute approximate surface area is 147 Å². The Hall–Kier alpha value is -2.39. The van der Waals surface area contributed by atoms with E-state index in [9.17, 15) is 9.59 Å². The van der Waals surface area contributed by atoms with Crippen LogP contribution in [-0.4, -0.2) is 43.0 Å². The fourth-order valence-corrected chi connectivity index (χ4v) is 3.48. The van der Waals surface area contributed by atoms with Crippen molar-refractivity contribution in [1.29, 1.82) is 5.26 Å². The molecule has 0 aromatic heterocycles. The SMILES string of the molecule is N#Cc1cccc(NC(=O)C2CCN(C(=O)C3CCOCC3)CC2)c1. The topological polar surface area (TPSA) is 82.4 Å². The van der Waals surface area contributed by atoms with Crippen LogP contribution >= 0.6 is 0 Å². The van der Waals surface area contributed by atoms with Gasteiger partial charge in [-0.1, -0.05) is 6.07 Å². The number of benzene rings is 1. The molecule has 6 heteroatoms. The van der Waals surface area contributed by atoms with Crippen molar-refractivity contribution in [3.05, 3.63) is 29.8 Å². The van der Waals surface area contributed by atoms with E-state index < -0.39 is 0 Å². The first-order valence-corrected chi connectivity index (χ1v) is 8.85. The van der Waals surface area contributed by atoms with E-state index in [0.717, 1.165) is 12.8 Å². The summed E-state index contributed by atoms with van der Waals surface area (Å²) in [5, 5.41) is 11.8. The average molecular weight is 341 g/mol. The summed E-state index contributed by atoms with van der Waals surface area (Å²) >= 11 is 0. The molecule has 1 aromatic carbocycles. The van der Waals surface area contributed by atoms with Crippen LogP contribution in [0.15, 0.2) is 24.3 Å². The maximum absolute atomic E-state index is 12.5. The van der Waals surface area contributed by atoms with E-state index in [2.05, 4.69) is 11.4 Å². The summed E-state index contributed by atoms with van der Waals surface area (Å²) in [6.45, 7) is 2.59. The quantitative estimate of drug-likeness (QED) is 0.913. The maximum atomic E-state index is 12.5. The van der Waals surface area contributed by atoms with Gasteiger partial charge in [0.2, 0.25) is 11.8 Å². The van der Waals surface area contributed by atoms with Gasteiger partial charge in [0, 0.05) is 43.8 Å². The number of nitrogens with zero attached hydrogens (tertiary/aromatic N) is 2. The largest absolute Gasteiger partial charge is 0.381 e. The van der Waals surface area contributed by atoms with Crippen LogP contribution in [0.1, 0.15) is 31.2 Å². The number of piperidine rings is 1. The number of hydrogen-bond donors (Lipinski definition) is 1. The molecule has 2 heterocycles. The van der Waals surface area contributed by atoms with Crippen molar-refractivity contribution in [2.24, 2.45) is 11.8 Å². The van der Waals surface area contributed by atoms with E-state index in [1.807, 2.05) is 4.90 Å². The highest BCUT2D eigenvalue weighted by Crippen LogP contribution is 2.24. The number of amides is 2. The standard InChI is InChI=1S/C19H23N3O3/c20-13-14-2-1-3-17(12-14)21-18(23)15-4-8-22(9-5-15)19(24)16-6-10-25-11-7-16/h1-3,12,15-16H,4-11H2,(H,21,23). The van der Waals surface area contributed by atoms with Gasteiger partial charge in [-0.3, -0.25) is 9.59 Å². The smallest absolute Gasteiger partial charge is 0.227 e. The molecule has 0 bridgehead atoms. The van der Waals surface area contributed by atoms with Gasteiger partial charge in [-0.25, -0.2) is 0 Å². The van der Waals surface area contributed by atoms with E-state index in [4.69, 9.17) is 10.00 Å². The zero-order valence-electron chi connectivity index (χ0n) is 14.2. The van der Waals surface area contributed by atoms with Crippen molar-refractivity contribution in [2.45, 2.75) is 25.7 Å². The Kier molecular flexibility index (Phi) is 5.67.